The number of aromatic nitrogens is 4. The summed E-state index contributed by atoms with van der Waals surface area (Å²) in [6, 6.07) is 9.33. The largest absolute Gasteiger partial charge is 0.497 e. The number of amides is 1. The molecule has 0 aliphatic carbocycles. The molecule has 1 aliphatic rings. The number of carbonyl (C=O) groups excluding carboxylic acids is 1. The van der Waals surface area contributed by atoms with E-state index in [4.69, 9.17) is 4.74 Å². The van der Waals surface area contributed by atoms with Crippen LogP contribution in [-0.4, -0.2) is 37.4 Å². The molecular weight excluding hydrogens is 318 g/mol. The number of rotatable bonds is 3. The molecular formula is C18H17N5O2. The van der Waals surface area contributed by atoms with Crippen LogP contribution >= 0.6 is 0 Å². The first-order valence-corrected chi connectivity index (χ1v) is 7.97. The first kappa shape index (κ1) is 15.3. The lowest BCUT2D eigenvalue weighted by Crippen LogP contribution is -2.41. The van der Waals surface area contributed by atoms with E-state index in [2.05, 4.69) is 19.5 Å². The van der Waals surface area contributed by atoms with Gasteiger partial charge in [0.25, 0.3) is 5.91 Å². The van der Waals surface area contributed by atoms with E-state index in [0.29, 0.717) is 18.8 Å². The predicted molar refractivity (Wildman–Crippen MR) is 89.9 cm³/mol. The van der Waals surface area contributed by atoms with Gasteiger partial charge in [-0.15, -0.1) is 0 Å². The van der Waals surface area contributed by atoms with E-state index in [9.17, 15) is 4.79 Å². The van der Waals surface area contributed by atoms with E-state index in [1.165, 1.54) is 6.33 Å². The Morgan fingerprint density at radius 2 is 2.00 bits per heavy atom. The first-order valence-electron chi connectivity index (χ1n) is 7.97. The van der Waals surface area contributed by atoms with Crippen LogP contribution in [0, 0.1) is 0 Å². The van der Waals surface area contributed by atoms with Crippen molar-refractivity contribution in [2.45, 2.75) is 19.1 Å². The quantitative estimate of drug-likeness (QED) is 0.733. The van der Waals surface area contributed by atoms with Crippen molar-refractivity contribution in [3.8, 4) is 5.75 Å². The van der Waals surface area contributed by atoms with Crippen LogP contribution in [0.1, 0.15) is 27.9 Å². The molecule has 0 N–H and O–H groups in total. The maximum absolute atomic E-state index is 13.0. The van der Waals surface area contributed by atoms with Gasteiger partial charge >= 0.3 is 0 Å². The molecule has 3 heterocycles. The Balaban J connectivity index is 1.71. The number of hydrogen-bond acceptors (Lipinski definition) is 5. The van der Waals surface area contributed by atoms with Crippen molar-refractivity contribution in [2.75, 3.05) is 7.11 Å². The molecule has 1 aliphatic heterocycles. The van der Waals surface area contributed by atoms with Gasteiger partial charge in [0.15, 0.2) is 0 Å². The van der Waals surface area contributed by atoms with Crippen LogP contribution < -0.4 is 4.74 Å². The van der Waals surface area contributed by atoms with Crippen LogP contribution in [0.25, 0.3) is 0 Å². The SMILES string of the molecule is COc1ccc([C@@H]2Cn3ccnc3CN2C(=O)c2ccncn2)cc1. The van der Waals surface area contributed by atoms with Gasteiger partial charge in [0, 0.05) is 25.1 Å². The second kappa shape index (κ2) is 6.35. The van der Waals surface area contributed by atoms with E-state index in [1.54, 1.807) is 25.6 Å². The molecule has 2 aromatic heterocycles. The average Bonchev–Trinajstić information content (AvgIpc) is 3.15. The molecule has 126 valence electrons. The van der Waals surface area contributed by atoms with Crippen molar-refractivity contribution in [1.82, 2.24) is 24.4 Å². The first-order chi connectivity index (χ1) is 12.3. The third-order valence-corrected chi connectivity index (χ3v) is 4.42. The standard InChI is InChI=1S/C18H17N5O2/c1-25-14-4-2-13(3-5-14)16-10-22-9-8-20-17(22)11-23(16)18(24)15-6-7-19-12-21-15/h2-9,12,16H,10-11H2,1H3/t16-/m0/s1. The second-order valence-electron chi connectivity index (χ2n) is 5.81. The number of benzene rings is 1. The third-order valence-electron chi connectivity index (χ3n) is 4.42. The van der Waals surface area contributed by atoms with Gasteiger partial charge in [0.2, 0.25) is 0 Å². The molecule has 1 amide bonds. The number of carbonyl (C=O) groups is 1. The number of fused-ring (bicyclic) bond motifs is 1. The normalized spacial score (nSPS) is 16.4. The number of nitrogens with zero attached hydrogens (tertiary/aromatic N) is 5. The molecule has 1 atom stereocenters. The summed E-state index contributed by atoms with van der Waals surface area (Å²) < 4.78 is 7.31. The zero-order valence-corrected chi connectivity index (χ0v) is 13.7. The number of hydrogen-bond donors (Lipinski definition) is 0. The molecule has 3 aromatic rings. The number of methoxy groups -OCH3 is 1. The average molecular weight is 335 g/mol. The molecule has 4 rings (SSSR count). The monoisotopic (exact) mass is 335 g/mol. The lowest BCUT2D eigenvalue weighted by Gasteiger charge is -2.36. The zero-order valence-electron chi connectivity index (χ0n) is 13.7. The van der Waals surface area contributed by atoms with Gasteiger partial charge in [-0.05, 0) is 23.8 Å². The topological polar surface area (TPSA) is 73.1 Å². The second-order valence-corrected chi connectivity index (χ2v) is 5.81. The molecule has 0 spiro atoms. The summed E-state index contributed by atoms with van der Waals surface area (Å²) in [5.41, 5.74) is 1.43. The van der Waals surface area contributed by atoms with Gasteiger partial charge in [-0.2, -0.15) is 0 Å². The van der Waals surface area contributed by atoms with E-state index >= 15 is 0 Å². The Bertz CT molecular complexity index is 876. The summed E-state index contributed by atoms with van der Waals surface area (Å²) in [6.07, 6.45) is 6.67. The fourth-order valence-electron chi connectivity index (χ4n) is 3.09. The van der Waals surface area contributed by atoms with Gasteiger partial charge in [-0.1, -0.05) is 12.1 Å². The molecule has 0 unspecified atom stereocenters. The number of ether oxygens (including phenoxy) is 1. The summed E-state index contributed by atoms with van der Waals surface area (Å²) in [5.74, 6) is 1.53. The van der Waals surface area contributed by atoms with E-state index in [-0.39, 0.29) is 11.9 Å². The highest BCUT2D eigenvalue weighted by molar-refractivity contribution is 5.92. The number of imidazole rings is 1. The minimum Gasteiger partial charge on any atom is -0.497 e. The smallest absolute Gasteiger partial charge is 0.273 e. The van der Waals surface area contributed by atoms with Crippen LogP contribution in [0.4, 0.5) is 0 Å². The molecule has 7 heteroatoms. The van der Waals surface area contributed by atoms with Crippen molar-refractivity contribution < 1.29 is 9.53 Å². The maximum atomic E-state index is 13.0. The van der Waals surface area contributed by atoms with Crippen molar-refractivity contribution in [3.63, 3.8) is 0 Å². The molecule has 0 saturated heterocycles. The zero-order chi connectivity index (χ0) is 17.2. The summed E-state index contributed by atoms with van der Waals surface area (Å²) in [4.78, 5) is 27.2. The van der Waals surface area contributed by atoms with Crippen LogP contribution in [0.15, 0.2) is 55.2 Å². The molecule has 25 heavy (non-hydrogen) atoms. The van der Waals surface area contributed by atoms with Gasteiger partial charge in [-0.25, -0.2) is 15.0 Å². The minimum absolute atomic E-state index is 0.102. The highest BCUT2D eigenvalue weighted by Gasteiger charge is 2.32. The Kier molecular flexibility index (Phi) is 3.89. The van der Waals surface area contributed by atoms with E-state index < -0.39 is 0 Å². The Hall–Kier alpha value is -3.22. The van der Waals surface area contributed by atoms with Crippen LogP contribution in [0.2, 0.25) is 0 Å². The third kappa shape index (κ3) is 2.84. The van der Waals surface area contributed by atoms with Crippen molar-refractivity contribution in [3.05, 3.63) is 72.3 Å². The van der Waals surface area contributed by atoms with Gasteiger partial charge in [0.1, 0.15) is 23.6 Å². The van der Waals surface area contributed by atoms with Gasteiger partial charge in [0.05, 0.1) is 19.7 Å². The summed E-state index contributed by atoms with van der Waals surface area (Å²) >= 11 is 0. The highest BCUT2D eigenvalue weighted by atomic mass is 16.5. The summed E-state index contributed by atoms with van der Waals surface area (Å²) in [5, 5.41) is 0. The molecule has 1 aromatic carbocycles. The fourth-order valence-corrected chi connectivity index (χ4v) is 3.09. The molecule has 7 nitrogen and oxygen atoms in total. The Labute approximate surface area is 144 Å². The van der Waals surface area contributed by atoms with E-state index in [0.717, 1.165) is 17.1 Å². The minimum atomic E-state index is -0.127. The van der Waals surface area contributed by atoms with Crippen LogP contribution in [0.5, 0.6) is 5.75 Å². The Morgan fingerprint density at radius 3 is 2.72 bits per heavy atom. The molecule has 0 saturated carbocycles. The van der Waals surface area contributed by atoms with Crippen LogP contribution in [0.3, 0.4) is 0 Å². The maximum Gasteiger partial charge on any atom is 0.273 e. The molecule has 0 bridgehead atoms. The van der Waals surface area contributed by atoms with E-state index in [1.807, 2.05) is 35.4 Å². The fraction of sp³-hybridized carbons (Fsp3) is 0.222. The van der Waals surface area contributed by atoms with Crippen molar-refractivity contribution in [2.24, 2.45) is 0 Å². The molecule has 0 fully saturated rings. The van der Waals surface area contributed by atoms with Crippen molar-refractivity contribution >= 4 is 5.91 Å². The predicted octanol–water partition coefficient (Wildman–Crippen LogP) is 2.08. The van der Waals surface area contributed by atoms with Crippen molar-refractivity contribution in [1.29, 1.82) is 0 Å². The summed E-state index contributed by atoms with van der Waals surface area (Å²) in [6.45, 7) is 1.09. The molecule has 0 radical (unpaired) electrons. The van der Waals surface area contributed by atoms with Crippen LogP contribution in [-0.2, 0) is 13.1 Å². The lowest BCUT2D eigenvalue weighted by atomic mass is 10.0. The summed E-state index contributed by atoms with van der Waals surface area (Å²) in [7, 11) is 1.64. The highest BCUT2D eigenvalue weighted by Crippen LogP contribution is 2.31. The Morgan fingerprint density at radius 1 is 1.16 bits per heavy atom. The van der Waals surface area contributed by atoms with Gasteiger partial charge in [-0.3, -0.25) is 4.79 Å². The lowest BCUT2D eigenvalue weighted by molar-refractivity contribution is 0.0578. The van der Waals surface area contributed by atoms with Gasteiger partial charge < -0.3 is 14.2 Å².